The molecule has 0 radical (unpaired) electrons. The Bertz CT molecular complexity index is 315. The summed E-state index contributed by atoms with van der Waals surface area (Å²) in [6, 6.07) is 3.68. The minimum atomic E-state index is -0.382. The normalized spacial score (nSPS) is 9.79. The largest absolute Gasteiger partial charge is 0.481 e. The minimum absolute atomic E-state index is 0.151. The molecular weight excluding hydrogens is 182 g/mol. The fourth-order valence-electron chi connectivity index (χ4n) is 1.06. The highest BCUT2D eigenvalue weighted by Gasteiger charge is 2.02. The smallest absolute Gasteiger partial charge is 0.231 e. The zero-order chi connectivity index (χ0) is 10.4. The molecule has 0 saturated heterocycles. The van der Waals surface area contributed by atoms with Crippen LogP contribution in [-0.2, 0) is 11.3 Å². The van der Waals surface area contributed by atoms with Crippen molar-refractivity contribution in [2.24, 2.45) is 5.73 Å². The van der Waals surface area contributed by atoms with E-state index in [1.807, 2.05) is 12.1 Å². The van der Waals surface area contributed by atoms with E-state index in [-0.39, 0.29) is 12.5 Å². The Labute approximate surface area is 82.3 Å². The van der Waals surface area contributed by atoms with Gasteiger partial charge in [0.25, 0.3) is 0 Å². The Kier molecular flexibility index (Phi) is 3.87. The lowest BCUT2D eigenvalue weighted by molar-refractivity contribution is -0.117. The number of pyridine rings is 1. The second-order valence-corrected chi connectivity index (χ2v) is 2.74. The van der Waals surface area contributed by atoms with Gasteiger partial charge in [0.05, 0.1) is 13.7 Å². The summed E-state index contributed by atoms with van der Waals surface area (Å²) < 4.78 is 5.04. The molecular formula is C9H13N3O2. The highest BCUT2D eigenvalue weighted by molar-refractivity contribution is 5.75. The van der Waals surface area contributed by atoms with Crippen LogP contribution >= 0.6 is 0 Å². The molecule has 0 saturated carbocycles. The maximum atomic E-state index is 10.5. The number of nitrogens with two attached hydrogens (primary N) is 1. The van der Waals surface area contributed by atoms with E-state index in [4.69, 9.17) is 10.5 Å². The standard InChI is InChI=1S/C9H13N3O2/c1-14-9-7(3-2-4-12-9)5-11-6-8(10)13/h2-4,11H,5-6H2,1H3,(H2,10,13). The van der Waals surface area contributed by atoms with E-state index >= 15 is 0 Å². The van der Waals surface area contributed by atoms with Crippen LogP contribution in [-0.4, -0.2) is 24.5 Å². The minimum Gasteiger partial charge on any atom is -0.481 e. The van der Waals surface area contributed by atoms with E-state index in [0.717, 1.165) is 5.56 Å². The van der Waals surface area contributed by atoms with Crippen LogP contribution in [0.2, 0.25) is 0 Å². The first-order valence-electron chi connectivity index (χ1n) is 4.21. The van der Waals surface area contributed by atoms with E-state index < -0.39 is 0 Å². The number of hydrogen-bond donors (Lipinski definition) is 2. The molecule has 1 rings (SSSR count). The molecule has 0 fully saturated rings. The first-order valence-corrected chi connectivity index (χ1v) is 4.21. The number of nitrogens with zero attached hydrogens (tertiary/aromatic N) is 1. The van der Waals surface area contributed by atoms with Gasteiger partial charge in [0, 0.05) is 18.3 Å². The number of methoxy groups -OCH3 is 1. The lowest BCUT2D eigenvalue weighted by atomic mass is 10.2. The molecule has 0 unspecified atom stereocenters. The SMILES string of the molecule is COc1ncccc1CNCC(N)=O. The average Bonchev–Trinajstić information content (AvgIpc) is 2.18. The van der Waals surface area contributed by atoms with Gasteiger partial charge in [-0.2, -0.15) is 0 Å². The van der Waals surface area contributed by atoms with Crippen LogP contribution in [0.3, 0.4) is 0 Å². The predicted octanol–water partition coefficient (Wildman–Crippen LogP) is -0.335. The van der Waals surface area contributed by atoms with Crippen molar-refractivity contribution in [2.45, 2.75) is 6.54 Å². The molecule has 14 heavy (non-hydrogen) atoms. The molecule has 3 N–H and O–H groups in total. The zero-order valence-electron chi connectivity index (χ0n) is 7.99. The van der Waals surface area contributed by atoms with Gasteiger partial charge >= 0.3 is 0 Å². The second kappa shape index (κ2) is 5.18. The Morgan fingerprint density at radius 2 is 2.50 bits per heavy atom. The van der Waals surface area contributed by atoms with Crippen molar-refractivity contribution in [3.8, 4) is 5.88 Å². The van der Waals surface area contributed by atoms with Crippen molar-refractivity contribution in [3.63, 3.8) is 0 Å². The van der Waals surface area contributed by atoms with Crippen molar-refractivity contribution in [1.82, 2.24) is 10.3 Å². The summed E-state index contributed by atoms with van der Waals surface area (Å²) in [6.45, 7) is 0.665. The fraction of sp³-hybridized carbons (Fsp3) is 0.333. The molecule has 0 aliphatic rings. The first-order chi connectivity index (χ1) is 6.74. The number of carbonyl (C=O) groups is 1. The van der Waals surface area contributed by atoms with E-state index in [2.05, 4.69) is 10.3 Å². The van der Waals surface area contributed by atoms with E-state index in [9.17, 15) is 4.79 Å². The highest BCUT2D eigenvalue weighted by atomic mass is 16.5. The Morgan fingerprint density at radius 1 is 1.71 bits per heavy atom. The van der Waals surface area contributed by atoms with Crippen LogP contribution in [0.25, 0.3) is 0 Å². The van der Waals surface area contributed by atoms with E-state index in [1.54, 1.807) is 13.3 Å². The fourth-order valence-corrected chi connectivity index (χ4v) is 1.06. The monoisotopic (exact) mass is 195 g/mol. The summed E-state index contributed by atoms with van der Waals surface area (Å²) in [5.74, 6) is 0.178. The number of nitrogens with one attached hydrogen (secondary N) is 1. The molecule has 1 amide bonds. The van der Waals surface area contributed by atoms with Gasteiger partial charge in [-0.15, -0.1) is 0 Å². The summed E-state index contributed by atoms with van der Waals surface area (Å²) in [6.07, 6.45) is 1.65. The zero-order valence-corrected chi connectivity index (χ0v) is 7.99. The highest BCUT2D eigenvalue weighted by Crippen LogP contribution is 2.12. The molecule has 0 aliphatic heterocycles. The number of amides is 1. The molecule has 0 atom stereocenters. The van der Waals surface area contributed by atoms with Crippen LogP contribution in [0.1, 0.15) is 5.56 Å². The summed E-state index contributed by atoms with van der Waals surface area (Å²) in [7, 11) is 1.56. The average molecular weight is 195 g/mol. The number of aromatic nitrogens is 1. The van der Waals surface area contributed by atoms with Gasteiger partial charge in [0.2, 0.25) is 11.8 Å². The van der Waals surface area contributed by atoms with Crippen LogP contribution in [0.4, 0.5) is 0 Å². The van der Waals surface area contributed by atoms with Gasteiger partial charge in [0.1, 0.15) is 0 Å². The van der Waals surface area contributed by atoms with Gasteiger partial charge in [-0.25, -0.2) is 4.98 Å². The number of ether oxygens (including phenoxy) is 1. The number of rotatable bonds is 5. The molecule has 5 nitrogen and oxygen atoms in total. The summed E-state index contributed by atoms with van der Waals surface area (Å²) in [5.41, 5.74) is 5.88. The Balaban J connectivity index is 2.53. The van der Waals surface area contributed by atoms with E-state index in [1.165, 1.54) is 0 Å². The molecule has 0 aliphatic carbocycles. The maximum Gasteiger partial charge on any atom is 0.231 e. The van der Waals surface area contributed by atoms with Crippen molar-refractivity contribution in [1.29, 1.82) is 0 Å². The quantitative estimate of drug-likeness (QED) is 0.674. The maximum absolute atomic E-state index is 10.5. The summed E-state index contributed by atoms with van der Waals surface area (Å²) in [5, 5.41) is 2.88. The number of primary amides is 1. The molecule has 1 aromatic rings. The van der Waals surface area contributed by atoms with Crippen molar-refractivity contribution in [3.05, 3.63) is 23.9 Å². The van der Waals surface area contributed by atoms with Crippen LogP contribution in [0, 0.1) is 0 Å². The van der Waals surface area contributed by atoms with Crippen LogP contribution in [0.15, 0.2) is 18.3 Å². The van der Waals surface area contributed by atoms with Gasteiger partial charge in [0.15, 0.2) is 0 Å². The molecule has 0 aromatic carbocycles. The summed E-state index contributed by atoms with van der Waals surface area (Å²) in [4.78, 5) is 14.5. The molecule has 1 heterocycles. The predicted molar refractivity (Wildman–Crippen MR) is 51.7 cm³/mol. The lowest BCUT2D eigenvalue weighted by Gasteiger charge is -2.06. The first kappa shape index (κ1) is 10.5. The Hall–Kier alpha value is -1.62. The van der Waals surface area contributed by atoms with Gasteiger partial charge in [-0.05, 0) is 6.07 Å². The number of carbonyl (C=O) groups excluding carboxylic acids is 1. The molecule has 5 heteroatoms. The third-order valence-electron chi connectivity index (χ3n) is 1.66. The lowest BCUT2D eigenvalue weighted by Crippen LogP contribution is -2.28. The van der Waals surface area contributed by atoms with Crippen molar-refractivity contribution >= 4 is 5.91 Å². The third-order valence-corrected chi connectivity index (χ3v) is 1.66. The van der Waals surface area contributed by atoms with Crippen LogP contribution < -0.4 is 15.8 Å². The van der Waals surface area contributed by atoms with Crippen molar-refractivity contribution in [2.75, 3.05) is 13.7 Å². The van der Waals surface area contributed by atoms with Gasteiger partial charge < -0.3 is 15.8 Å². The third kappa shape index (κ3) is 3.02. The summed E-state index contributed by atoms with van der Waals surface area (Å²) >= 11 is 0. The molecule has 76 valence electrons. The molecule has 1 aromatic heterocycles. The number of hydrogen-bond acceptors (Lipinski definition) is 4. The molecule has 0 spiro atoms. The Morgan fingerprint density at radius 3 is 3.14 bits per heavy atom. The van der Waals surface area contributed by atoms with Gasteiger partial charge in [-0.1, -0.05) is 6.07 Å². The van der Waals surface area contributed by atoms with Crippen LogP contribution in [0.5, 0.6) is 5.88 Å². The van der Waals surface area contributed by atoms with E-state index in [0.29, 0.717) is 12.4 Å². The van der Waals surface area contributed by atoms with Crippen molar-refractivity contribution < 1.29 is 9.53 Å². The molecule has 0 bridgehead atoms. The second-order valence-electron chi connectivity index (χ2n) is 2.74. The topological polar surface area (TPSA) is 77.2 Å². The van der Waals surface area contributed by atoms with Gasteiger partial charge in [-0.3, -0.25) is 4.79 Å².